The minimum atomic E-state index is -5.01. The van der Waals surface area contributed by atoms with E-state index < -0.39 is 53.5 Å². The Hall–Kier alpha value is -3.09. The molecule has 12 heteroatoms. The summed E-state index contributed by atoms with van der Waals surface area (Å²) >= 11 is 0. The van der Waals surface area contributed by atoms with Gasteiger partial charge in [0.05, 0.1) is 39.5 Å². The lowest BCUT2D eigenvalue weighted by atomic mass is 9.83. The molecule has 0 radical (unpaired) electrons. The molecule has 1 aromatic rings. The zero-order chi connectivity index (χ0) is 31.9. The predicted molar refractivity (Wildman–Crippen MR) is 154 cm³/mol. The summed E-state index contributed by atoms with van der Waals surface area (Å²) in [5, 5.41) is 2.32. The molecule has 2 fully saturated rings. The van der Waals surface area contributed by atoms with Gasteiger partial charge in [-0.3, -0.25) is 24.1 Å². The fourth-order valence-corrected chi connectivity index (χ4v) is 5.74. The van der Waals surface area contributed by atoms with Gasteiger partial charge in [-0.15, -0.1) is 0 Å². The average molecular weight is 623 g/mol. The second-order valence-corrected chi connectivity index (χ2v) is 12.0. The van der Waals surface area contributed by atoms with Crippen molar-refractivity contribution in [3.05, 3.63) is 41.5 Å². The third-order valence-electron chi connectivity index (χ3n) is 8.51. The predicted octanol–water partition coefficient (Wildman–Crippen LogP) is 3.63. The highest BCUT2D eigenvalue weighted by molar-refractivity contribution is 5.97. The number of morpholine rings is 1. The van der Waals surface area contributed by atoms with E-state index in [0.29, 0.717) is 44.0 Å². The van der Waals surface area contributed by atoms with E-state index in [2.05, 4.69) is 11.4 Å². The number of methoxy groups -OCH3 is 1. The summed E-state index contributed by atoms with van der Waals surface area (Å²) in [5.74, 6) is -5.77. The number of rotatable bonds is 16. The number of nitrogens with one attached hydrogen (secondary N) is 1. The summed E-state index contributed by atoms with van der Waals surface area (Å²) in [6.45, 7) is 3.25. The van der Waals surface area contributed by atoms with Crippen molar-refractivity contribution in [3.63, 3.8) is 0 Å². The van der Waals surface area contributed by atoms with Gasteiger partial charge in [-0.25, -0.2) is 0 Å². The van der Waals surface area contributed by atoms with Crippen molar-refractivity contribution < 1.29 is 46.6 Å². The molecule has 4 atom stereocenters. The largest absolute Gasteiger partial charge is 0.497 e. The van der Waals surface area contributed by atoms with Crippen LogP contribution in [0.4, 0.5) is 13.2 Å². The van der Waals surface area contributed by atoms with Crippen LogP contribution in [0.25, 0.3) is 0 Å². The van der Waals surface area contributed by atoms with E-state index >= 15 is 0 Å². The van der Waals surface area contributed by atoms with E-state index in [0.717, 1.165) is 24.8 Å². The van der Waals surface area contributed by atoms with E-state index in [1.807, 2.05) is 0 Å². The van der Waals surface area contributed by atoms with Crippen molar-refractivity contribution in [1.29, 1.82) is 0 Å². The number of carbonyl (C=O) groups is 4. The minimum absolute atomic E-state index is 0.0990. The number of ether oxygens (including phenoxy) is 3. The van der Waals surface area contributed by atoms with Gasteiger partial charge in [0.2, 0.25) is 5.91 Å². The molecule has 3 aliphatic rings. The molecule has 1 aromatic carbocycles. The van der Waals surface area contributed by atoms with Crippen molar-refractivity contribution in [1.82, 2.24) is 10.2 Å². The van der Waals surface area contributed by atoms with Gasteiger partial charge in [0, 0.05) is 31.8 Å². The van der Waals surface area contributed by atoms with Gasteiger partial charge in [0.25, 0.3) is 0 Å². The first-order valence-corrected chi connectivity index (χ1v) is 15.1. The number of carbonyl (C=O) groups excluding carboxylic acids is 4. The topological polar surface area (TPSA) is 115 Å². The van der Waals surface area contributed by atoms with E-state index in [9.17, 15) is 32.3 Å². The Bertz CT molecular complexity index is 1220. The first-order chi connectivity index (χ1) is 20.9. The molecule has 242 valence electrons. The van der Waals surface area contributed by atoms with Crippen LogP contribution in [-0.4, -0.2) is 92.5 Å². The summed E-state index contributed by atoms with van der Waals surface area (Å²) in [7, 11) is 1.49. The SMILES string of the molecule is COc1ccc(CC(NC(=O)C(CC(=O)CN2CCOCC2)C(F)(F)F)C(=O)CC(CC2=CCCC2)C(=O)C2(C)CO2)cc1. The number of hydrogen-bond acceptors (Lipinski definition) is 8. The van der Waals surface area contributed by atoms with Gasteiger partial charge in [-0.1, -0.05) is 23.8 Å². The van der Waals surface area contributed by atoms with Crippen LogP contribution in [0.3, 0.4) is 0 Å². The molecule has 2 saturated heterocycles. The number of allylic oxidation sites excluding steroid dienone is 2. The highest BCUT2D eigenvalue weighted by Gasteiger charge is 2.50. The molecule has 1 amide bonds. The second kappa shape index (κ2) is 14.8. The van der Waals surface area contributed by atoms with Crippen LogP contribution < -0.4 is 10.1 Å². The van der Waals surface area contributed by atoms with Gasteiger partial charge in [0.1, 0.15) is 23.1 Å². The lowest BCUT2D eigenvalue weighted by Crippen LogP contribution is -2.50. The number of ketones is 3. The van der Waals surface area contributed by atoms with Crippen LogP contribution >= 0.6 is 0 Å². The Morgan fingerprint density at radius 2 is 1.75 bits per heavy atom. The van der Waals surface area contributed by atoms with Crippen LogP contribution in [0.2, 0.25) is 0 Å². The summed E-state index contributed by atoms with van der Waals surface area (Å²) < 4.78 is 58.2. The summed E-state index contributed by atoms with van der Waals surface area (Å²) in [6.07, 6.45) is -1.35. The number of hydrogen-bond donors (Lipinski definition) is 1. The summed E-state index contributed by atoms with van der Waals surface area (Å²) in [6, 6.07) is 5.25. The molecule has 2 aliphatic heterocycles. The zero-order valence-electron chi connectivity index (χ0n) is 25.3. The van der Waals surface area contributed by atoms with Crippen molar-refractivity contribution in [2.75, 3.05) is 46.6 Å². The average Bonchev–Trinajstić information content (AvgIpc) is 3.53. The van der Waals surface area contributed by atoms with Gasteiger partial charge < -0.3 is 19.5 Å². The number of amides is 1. The third kappa shape index (κ3) is 9.45. The molecular formula is C32H41F3N2O7. The minimum Gasteiger partial charge on any atom is -0.497 e. The van der Waals surface area contributed by atoms with Crippen molar-refractivity contribution in [2.24, 2.45) is 11.8 Å². The number of nitrogens with zero attached hydrogens (tertiary/aromatic N) is 1. The standard InChI is InChI=1S/C32H41F3N2O7/c1-31(20-44-31)29(40)23(15-21-5-3-4-6-21)17-28(39)27(16-22-7-9-25(42-2)10-8-22)36-30(41)26(32(33,34)35)18-24(38)19-37-11-13-43-14-12-37/h5,7-10,23,26-27H,3-4,6,11-20H2,1-2H3,(H,36,41). The molecule has 2 heterocycles. The first kappa shape index (κ1) is 33.8. The van der Waals surface area contributed by atoms with Crippen LogP contribution in [-0.2, 0) is 35.1 Å². The fraction of sp³-hybridized carbons (Fsp3) is 0.625. The second-order valence-electron chi connectivity index (χ2n) is 12.0. The highest BCUT2D eigenvalue weighted by Crippen LogP contribution is 2.36. The first-order valence-electron chi connectivity index (χ1n) is 15.1. The maximum absolute atomic E-state index is 14.1. The molecule has 0 bridgehead atoms. The molecule has 0 aromatic heterocycles. The highest BCUT2D eigenvalue weighted by atomic mass is 19.4. The Kier molecular flexibility index (Phi) is 11.4. The Labute approximate surface area is 255 Å². The van der Waals surface area contributed by atoms with Crippen LogP contribution in [0.1, 0.15) is 51.0 Å². The van der Waals surface area contributed by atoms with Crippen LogP contribution in [0, 0.1) is 11.8 Å². The smallest absolute Gasteiger partial charge is 0.400 e. The van der Waals surface area contributed by atoms with Gasteiger partial charge in [0.15, 0.2) is 11.6 Å². The molecule has 1 N–H and O–H groups in total. The maximum Gasteiger partial charge on any atom is 0.400 e. The van der Waals surface area contributed by atoms with E-state index in [1.165, 1.54) is 7.11 Å². The van der Waals surface area contributed by atoms with Crippen LogP contribution in [0.15, 0.2) is 35.9 Å². The summed E-state index contributed by atoms with van der Waals surface area (Å²) in [5.41, 5.74) is 0.656. The number of alkyl halides is 3. The third-order valence-corrected chi connectivity index (χ3v) is 8.51. The molecule has 4 rings (SSSR count). The monoisotopic (exact) mass is 622 g/mol. The maximum atomic E-state index is 14.1. The summed E-state index contributed by atoms with van der Waals surface area (Å²) in [4.78, 5) is 54.7. The van der Waals surface area contributed by atoms with Gasteiger partial charge >= 0.3 is 6.18 Å². The Morgan fingerprint density at radius 3 is 2.32 bits per heavy atom. The normalized spacial score (nSPS) is 22.4. The molecule has 1 aliphatic carbocycles. The number of epoxide rings is 1. The molecule has 0 saturated carbocycles. The van der Waals surface area contributed by atoms with Crippen molar-refractivity contribution in [3.8, 4) is 5.75 Å². The molecule has 4 unspecified atom stereocenters. The lowest BCUT2D eigenvalue weighted by Gasteiger charge is -2.27. The zero-order valence-corrected chi connectivity index (χ0v) is 25.3. The van der Waals surface area contributed by atoms with E-state index in [1.54, 1.807) is 36.1 Å². The lowest BCUT2D eigenvalue weighted by molar-refractivity contribution is -0.186. The fourth-order valence-electron chi connectivity index (χ4n) is 5.74. The van der Waals surface area contributed by atoms with E-state index in [-0.39, 0.29) is 31.8 Å². The number of benzene rings is 1. The van der Waals surface area contributed by atoms with Crippen molar-refractivity contribution in [2.45, 2.75) is 69.7 Å². The molecule has 0 spiro atoms. The Balaban J connectivity index is 1.52. The van der Waals surface area contributed by atoms with Crippen LogP contribution in [0.5, 0.6) is 5.75 Å². The number of halogens is 3. The molecular weight excluding hydrogens is 581 g/mol. The molecule has 9 nitrogen and oxygen atoms in total. The number of Topliss-reactive ketones (excluding diaryl/α,β-unsaturated/α-hetero) is 3. The quantitative estimate of drug-likeness (QED) is 0.220. The van der Waals surface area contributed by atoms with Crippen molar-refractivity contribution >= 4 is 23.3 Å². The van der Waals surface area contributed by atoms with E-state index in [4.69, 9.17) is 14.2 Å². The van der Waals surface area contributed by atoms with Gasteiger partial charge in [-0.05, 0) is 56.7 Å². The molecule has 44 heavy (non-hydrogen) atoms. The Morgan fingerprint density at radius 1 is 1.07 bits per heavy atom. The van der Waals surface area contributed by atoms with Gasteiger partial charge in [-0.2, -0.15) is 13.2 Å².